The van der Waals surface area contributed by atoms with Crippen LogP contribution in [0.2, 0.25) is 5.02 Å². The first-order valence-electron chi connectivity index (χ1n) is 5.86. The lowest BCUT2D eigenvalue weighted by molar-refractivity contribution is -0.274. The first-order valence-corrected chi connectivity index (χ1v) is 6.24. The number of anilines is 1. The molecule has 3 nitrogen and oxygen atoms in total. The molecule has 0 aliphatic rings. The van der Waals surface area contributed by atoms with Gasteiger partial charge in [-0.1, -0.05) is 17.7 Å². The first-order chi connectivity index (χ1) is 9.83. The Bertz CT molecular complexity index is 615. The number of hydrogen-bond acceptors (Lipinski definition) is 3. The van der Waals surface area contributed by atoms with Gasteiger partial charge < -0.3 is 15.2 Å². The van der Waals surface area contributed by atoms with Crippen LogP contribution in [0.4, 0.5) is 18.9 Å². The number of halogens is 4. The molecule has 2 N–H and O–H groups in total. The Hall–Kier alpha value is -2.08. The highest BCUT2D eigenvalue weighted by atomic mass is 35.5. The molecular weight excluding hydrogens is 307 g/mol. The normalized spacial score (nSPS) is 11.2. The zero-order valence-corrected chi connectivity index (χ0v) is 11.4. The number of nitrogen functional groups attached to an aromatic ring is 1. The van der Waals surface area contributed by atoms with Crippen LogP contribution in [-0.4, -0.2) is 6.36 Å². The van der Waals surface area contributed by atoms with Crippen molar-refractivity contribution >= 4 is 17.3 Å². The molecule has 0 atom stereocenters. The van der Waals surface area contributed by atoms with Gasteiger partial charge in [-0.15, -0.1) is 13.2 Å². The summed E-state index contributed by atoms with van der Waals surface area (Å²) in [6.07, 6.45) is -4.71. The van der Waals surface area contributed by atoms with Gasteiger partial charge in [-0.3, -0.25) is 0 Å². The van der Waals surface area contributed by atoms with Gasteiger partial charge in [0, 0.05) is 16.3 Å². The molecule has 0 aromatic heterocycles. The Balaban J connectivity index is 1.97. The standard InChI is InChI=1S/C14H11ClF3NO2/c15-10-2-1-9(13(19)7-10)8-20-11-3-5-12(6-4-11)21-14(16,17)18/h1-7H,8,19H2. The fraction of sp³-hybridized carbons (Fsp3) is 0.143. The van der Waals surface area contributed by atoms with E-state index in [2.05, 4.69) is 4.74 Å². The van der Waals surface area contributed by atoms with Crippen LogP contribution < -0.4 is 15.2 Å². The summed E-state index contributed by atoms with van der Waals surface area (Å²) < 4.78 is 45.2. The predicted octanol–water partition coefficient (Wildman–Crippen LogP) is 4.40. The van der Waals surface area contributed by atoms with Crippen molar-refractivity contribution in [3.8, 4) is 11.5 Å². The average Bonchev–Trinajstić information content (AvgIpc) is 2.38. The molecule has 2 rings (SSSR count). The van der Waals surface area contributed by atoms with Crippen molar-refractivity contribution in [2.45, 2.75) is 13.0 Å². The molecule has 0 heterocycles. The first kappa shape index (κ1) is 15.3. The van der Waals surface area contributed by atoms with E-state index in [1.807, 2.05) is 0 Å². The number of rotatable bonds is 4. The summed E-state index contributed by atoms with van der Waals surface area (Å²) in [7, 11) is 0. The van der Waals surface area contributed by atoms with Crippen LogP contribution in [0.3, 0.4) is 0 Å². The fourth-order valence-electron chi connectivity index (χ4n) is 1.60. The number of benzene rings is 2. The number of alkyl halides is 3. The molecule has 0 unspecified atom stereocenters. The van der Waals surface area contributed by atoms with Crippen molar-refractivity contribution in [3.63, 3.8) is 0 Å². The summed E-state index contributed by atoms with van der Waals surface area (Å²) in [5.74, 6) is 0.0970. The summed E-state index contributed by atoms with van der Waals surface area (Å²) >= 11 is 5.78. The van der Waals surface area contributed by atoms with Crippen molar-refractivity contribution in [3.05, 3.63) is 53.1 Å². The van der Waals surface area contributed by atoms with Crippen molar-refractivity contribution in [1.82, 2.24) is 0 Å². The van der Waals surface area contributed by atoms with E-state index in [1.54, 1.807) is 18.2 Å². The number of ether oxygens (including phenoxy) is 2. The lowest BCUT2D eigenvalue weighted by Gasteiger charge is -2.11. The quantitative estimate of drug-likeness (QED) is 0.850. The summed E-state index contributed by atoms with van der Waals surface area (Å²) in [5, 5.41) is 0.518. The Morgan fingerprint density at radius 1 is 1.00 bits per heavy atom. The molecule has 21 heavy (non-hydrogen) atoms. The smallest absolute Gasteiger partial charge is 0.489 e. The largest absolute Gasteiger partial charge is 0.573 e. The summed E-state index contributed by atoms with van der Waals surface area (Å²) in [6.45, 7) is 0.183. The minimum Gasteiger partial charge on any atom is -0.489 e. The molecule has 7 heteroatoms. The number of hydrogen-bond donors (Lipinski definition) is 1. The van der Waals surface area contributed by atoms with Crippen LogP contribution >= 0.6 is 11.6 Å². The predicted molar refractivity (Wildman–Crippen MR) is 73.3 cm³/mol. The Morgan fingerprint density at radius 2 is 1.62 bits per heavy atom. The average molecular weight is 318 g/mol. The maximum atomic E-state index is 12.0. The van der Waals surface area contributed by atoms with E-state index < -0.39 is 6.36 Å². The zero-order valence-electron chi connectivity index (χ0n) is 10.7. The third kappa shape index (κ3) is 4.75. The third-order valence-electron chi connectivity index (χ3n) is 2.56. The van der Waals surface area contributed by atoms with Gasteiger partial charge in [0.2, 0.25) is 0 Å². The van der Waals surface area contributed by atoms with Gasteiger partial charge in [0.1, 0.15) is 18.1 Å². The minimum atomic E-state index is -4.71. The molecule has 112 valence electrons. The van der Waals surface area contributed by atoms with Crippen LogP contribution in [0, 0.1) is 0 Å². The van der Waals surface area contributed by atoms with Gasteiger partial charge in [-0.2, -0.15) is 0 Å². The highest BCUT2D eigenvalue weighted by Gasteiger charge is 2.30. The van der Waals surface area contributed by atoms with Crippen LogP contribution in [0.25, 0.3) is 0 Å². The van der Waals surface area contributed by atoms with E-state index >= 15 is 0 Å². The van der Waals surface area contributed by atoms with E-state index in [9.17, 15) is 13.2 Å². The summed E-state index contributed by atoms with van der Waals surface area (Å²) in [5.41, 5.74) is 6.99. The van der Waals surface area contributed by atoms with Crippen molar-refractivity contribution in [2.75, 3.05) is 5.73 Å². The number of nitrogens with two attached hydrogens (primary N) is 1. The van der Waals surface area contributed by atoms with Gasteiger partial charge in [-0.25, -0.2) is 0 Å². The second kappa shape index (κ2) is 6.13. The molecule has 2 aromatic carbocycles. The summed E-state index contributed by atoms with van der Waals surface area (Å²) in [4.78, 5) is 0. The maximum absolute atomic E-state index is 12.0. The summed E-state index contributed by atoms with van der Waals surface area (Å²) in [6, 6.07) is 10.1. The Kier molecular flexibility index (Phi) is 4.47. The highest BCUT2D eigenvalue weighted by molar-refractivity contribution is 6.30. The molecular formula is C14H11ClF3NO2. The van der Waals surface area contributed by atoms with E-state index in [4.69, 9.17) is 22.1 Å². The second-order valence-electron chi connectivity index (χ2n) is 4.15. The molecule has 0 amide bonds. The van der Waals surface area contributed by atoms with Crippen LogP contribution in [0.1, 0.15) is 5.56 Å². The zero-order chi connectivity index (χ0) is 15.5. The molecule has 0 aliphatic heterocycles. The molecule has 0 spiro atoms. The lowest BCUT2D eigenvalue weighted by atomic mass is 10.2. The SMILES string of the molecule is Nc1cc(Cl)ccc1COc1ccc(OC(F)(F)F)cc1. The van der Waals surface area contributed by atoms with Gasteiger partial charge in [-0.05, 0) is 36.4 Å². The van der Waals surface area contributed by atoms with Crippen molar-refractivity contribution in [1.29, 1.82) is 0 Å². The monoisotopic (exact) mass is 317 g/mol. The van der Waals surface area contributed by atoms with Gasteiger partial charge >= 0.3 is 6.36 Å². The van der Waals surface area contributed by atoms with Gasteiger partial charge in [0.15, 0.2) is 0 Å². The van der Waals surface area contributed by atoms with E-state index in [0.717, 1.165) is 5.56 Å². The van der Waals surface area contributed by atoms with E-state index in [0.29, 0.717) is 16.5 Å². The van der Waals surface area contributed by atoms with Crippen LogP contribution in [-0.2, 0) is 6.61 Å². The van der Waals surface area contributed by atoms with E-state index in [1.165, 1.54) is 24.3 Å². The molecule has 2 aromatic rings. The third-order valence-corrected chi connectivity index (χ3v) is 2.79. The molecule has 0 fully saturated rings. The van der Waals surface area contributed by atoms with Gasteiger partial charge in [0.25, 0.3) is 0 Å². The molecule has 0 radical (unpaired) electrons. The Labute approximate surface area is 124 Å². The topological polar surface area (TPSA) is 44.5 Å². The van der Waals surface area contributed by atoms with E-state index in [-0.39, 0.29) is 12.4 Å². The lowest BCUT2D eigenvalue weighted by Crippen LogP contribution is -2.16. The fourth-order valence-corrected chi connectivity index (χ4v) is 1.78. The second-order valence-corrected chi connectivity index (χ2v) is 4.59. The van der Waals surface area contributed by atoms with Crippen molar-refractivity contribution < 1.29 is 22.6 Å². The van der Waals surface area contributed by atoms with Crippen LogP contribution in [0.15, 0.2) is 42.5 Å². The van der Waals surface area contributed by atoms with Crippen molar-refractivity contribution in [2.24, 2.45) is 0 Å². The molecule has 0 saturated heterocycles. The molecule has 0 bridgehead atoms. The highest BCUT2D eigenvalue weighted by Crippen LogP contribution is 2.25. The van der Waals surface area contributed by atoms with Crippen LogP contribution in [0.5, 0.6) is 11.5 Å². The molecule has 0 aliphatic carbocycles. The van der Waals surface area contributed by atoms with Gasteiger partial charge in [0.05, 0.1) is 0 Å². The minimum absolute atomic E-state index is 0.183. The molecule has 0 saturated carbocycles. The Morgan fingerprint density at radius 3 is 2.19 bits per heavy atom. The maximum Gasteiger partial charge on any atom is 0.573 e.